The number of aromatic hydroxyl groups is 1. The lowest BCUT2D eigenvalue weighted by Gasteiger charge is -2.32. The van der Waals surface area contributed by atoms with Gasteiger partial charge in [0.05, 0.1) is 12.8 Å². The number of phenols is 1. The predicted octanol–water partition coefficient (Wildman–Crippen LogP) is 5.20. The van der Waals surface area contributed by atoms with Gasteiger partial charge in [-0.05, 0) is 42.9 Å². The van der Waals surface area contributed by atoms with Crippen molar-refractivity contribution in [1.82, 2.24) is 20.0 Å². The molecule has 3 heterocycles. The van der Waals surface area contributed by atoms with E-state index < -0.39 is 0 Å². The second-order valence-electron chi connectivity index (χ2n) is 9.40. The summed E-state index contributed by atoms with van der Waals surface area (Å²) in [5, 5.41) is 24.2. The van der Waals surface area contributed by atoms with E-state index in [1.165, 1.54) is 38.5 Å². The van der Waals surface area contributed by atoms with Gasteiger partial charge in [0.2, 0.25) is 0 Å². The molecule has 0 spiro atoms. The number of aromatic nitrogens is 4. The van der Waals surface area contributed by atoms with Gasteiger partial charge >= 0.3 is 0 Å². The van der Waals surface area contributed by atoms with Gasteiger partial charge in [-0.15, -0.1) is 10.2 Å². The van der Waals surface area contributed by atoms with Gasteiger partial charge in [0, 0.05) is 43.0 Å². The lowest BCUT2D eigenvalue weighted by molar-refractivity contribution is 0.321. The van der Waals surface area contributed by atoms with Gasteiger partial charge in [0.15, 0.2) is 11.6 Å². The maximum atomic E-state index is 10.8. The number of benzene rings is 1. The van der Waals surface area contributed by atoms with Crippen LogP contribution in [0.1, 0.15) is 51.9 Å². The summed E-state index contributed by atoms with van der Waals surface area (Å²) in [7, 11) is 1.88. The van der Waals surface area contributed by atoms with Crippen molar-refractivity contribution in [2.24, 2.45) is 13.0 Å². The minimum atomic E-state index is 0.172. The summed E-state index contributed by atoms with van der Waals surface area (Å²) in [6.45, 7) is 3.93. The minimum Gasteiger partial charge on any atom is -0.507 e. The first kappa shape index (κ1) is 21.7. The van der Waals surface area contributed by atoms with E-state index in [0.717, 1.165) is 41.6 Å². The third-order valence-electron chi connectivity index (χ3n) is 7.15. The van der Waals surface area contributed by atoms with Gasteiger partial charge in [-0.2, -0.15) is 5.10 Å². The lowest BCUT2D eigenvalue weighted by Crippen LogP contribution is -2.37. The van der Waals surface area contributed by atoms with Crippen LogP contribution in [0.25, 0.3) is 22.4 Å². The van der Waals surface area contributed by atoms with E-state index in [4.69, 9.17) is 4.74 Å². The molecule has 1 N–H and O–H groups in total. The summed E-state index contributed by atoms with van der Waals surface area (Å²) in [6, 6.07) is 8.05. The molecule has 7 heteroatoms. The topological polar surface area (TPSA) is 76.3 Å². The van der Waals surface area contributed by atoms with Crippen molar-refractivity contribution in [3.05, 3.63) is 36.7 Å². The Bertz CT molecular complexity index is 1110. The number of hydrogen-bond donors (Lipinski definition) is 1. The smallest absolute Gasteiger partial charge is 0.194 e. The second kappa shape index (κ2) is 9.41. The second-order valence-corrected chi connectivity index (χ2v) is 9.40. The molecule has 0 amide bonds. The van der Waals surface area contributed by atoms with Crippen LogP contribution in [0, 0.1) is 5.92 Å². The molecule has 2 atom stereocenters. The number of anilines is 1. The van der Waals surface area contributed by atoms with Crippen molar-refractivity contribution < 1.29 is 9.84 Å². The number of nitrogens with zero attached hydrogens (tertiary/aromatic N) is 5. The molecule has 7 nitrogen and oxygen atoms in total. The first-order chi connectivity index (χ1) is 16.1. The summed E-state index contributed by atoms with van der Waals surface area (Å²) < 4.78 is 7.86. The average Bonchev–Trinajstić information content (AvgIpc) is 3.01. The Balaban J connectivity index is 1.44. The molecule has 1 aliphatic carbocycles. The van der Waals surface area contributed by atoms with Crippen molar-refractivity contribution in [1.29, 1.82) is 0 Å². The highest BCUT2D eigenvalue weighted by molar-refractivity contribution is 5.75. The van der Waals surface area contributed by atoms with E-state index in [1.807, 2.05) is 31.4 Å². The molecule has 174 valence electrons. The van der Waals surface area contributed by atoms with Crippen LogP contribution in [-0.4, -0.2) is 44.3 Å². The Morgan fingerprint density at radius 1 is 1.09 bits per heavy atom. The minimum absolute atomic E-state index is 0.172. The van der Waals surface area contributed by atoms with Crippen LogP contribution in [0.5, 0.6) is 11.5 Å². The standard InChI is InChI=1S/C26H33N5O2/c1-3-18-7-4-5-8-21(13-18)31-11-6-12-33-25-15-23(28-29-26(25)31)22-10-9-19(14-24(22)32)20-16-27-30(2)17-20/h9-10,14-18,21,32H,3-8,11-13H2,1-2H3/t18-,21+/m0/s1. The Hall–Kier alpha value is -3.09. The zero-order valence-electron chi connectivity index (χ0n) is 19.6. The van der Waals surface area contributed by atoms with Crippen molar-refractivity contribution in [2.45, 2.75) is 57.9 Å². The fraction of sp³-hybridized carbons (Fsp3) is 0.500. The van der Waals surface area contributed by atoms with Gasteiger partial charge in [-0.1, -0.05) is 38.7 Å². The van der Waals surface area contributed by atoms with Gasteiger partial charge in [0.1, 0.15) is 11.4 Å². The average molecular weight is 448 g/mol. The molecule has 1 fully saturated rings. The molecule has 0 bridgehead atoms. The fourth-order valence-electron chi connectivity index (χ4n) is 5.27. The lowest BCUT2D eigenvalue weighted by atomic mass is 9.94. The van der Waals surface area contributed by atoms with Crippen molar-refractivity contribution in [3.63, 3.8) is 0 Å². The van der Waals surface area contributed by atoms with Crippen LogP contribution >= 0.6 is 0 Å². The maximum absolute atomic E-state index is 10.8. The number of rotatable bonds is 4. The highest BCUT2D eigenvalue weighted by Gasteiger charge is 2.29. The normalized spacial score (nSPS) is 21.1. The van der Waals surface area contributed by atoms with Crippen LogP contribution in [-0.2, 0) is 7.05 Å². The van der Waals surface area contributed by atoms with Gasteiger partial charge in [-0.25, -0.2) is 0 Å². The predicted molar refractivity (Wildman–Crippen MR) is 129 cm³/mol. The largest absolute Gasteiger partial charge is 0.507 e. The molecule has 1 aromatic carbocycles. The number of fused-ring (bicyclic) bond motifs is 1. The summed E-state index contributed by atoms with van der Waals surface area (Å²) >= 11 is 0. The maximum Gasteiger partial charge on any atom is 0.194 e. The Kier molecular flexibility index (Phi) is 6.20. The quantitative estimate of drug-likeness (QED) is 0.554. The molecule has 5 rings (SSSR count). The van der Waals surface area contributed by atoms with Gasteiger partial charge < -0.3 is 14.7 Å². The molecule has 1 aliphatic heterocycles. The highest BCUT2D eigenvalue weighted by atomic mass is 16.5. The molecule has 3 aromatic rings. The summed E-state index contributed by atoms with van der Waals surface area (Å²) in [5.74, 6) is 2.58. The summed E-state index contributed by atoms with van der Waals surface area (Å²) in [5.41, 5.74) is 3.14. The van der Waals surface area contributed by atoms with Crippen LogP contribution in [0.15, 0.2) is 36.7 Å². The van der Waals surface area contributed by atoms with Gasteiger partial charge in [-0.3, -0.25) is 4.68 Å². The summed E-state index contributed by atoms with van der Waals surface area (Å²) in [6.07, 6.45) is 12.3. The Morgan fingerprint density at radius 2 is 1.97 bits per heavy atom. The first-order valence-corrected chi connectivity index (χ1v) is 12.2. The van der Waals surface area contributed by atoms with Gasteiger partial charge in [0.25, 0.3) is 0 Å². The molecule has 2 aliphatic rings. The van der Waals surface area contributed by atoms with Crippen LogP contribution in [0.4, 0.5) is 5.82 Å². The number of phenolic OH excluding ortho intramolecular Hbond substituents is 1. The van der Waals surface area contributed by atoms with E-state index in [0.29, 0.717) is 23.9 Å². The van der Waals surface area contributed by atoms with E-state index >= 15 is 0 Å². The van der Waals surface area contributed by atoms with Crippen LogP contribution in [0.2, 0.25) is 0 Å². The molecule has 0 saturated heterocycles. The summed E-state index contributed by atoms with van der Waals surface area (Å²) in [4.78, 5) is 2.44. The van der Waals surface area contributed by atoms with E-state index in [2.05, 4.69) is 27.1 Å². The van der Waals surface area contributed by atoms with Crippen molar-refractivity contribution in [2.75, 3.05) is 18.1 Å². The number of ether oxygens (including phenoxy) is 1. The van der Waals surface area contributed by atoms with E-state index in [-0.39, 0.29) is 5.75 Å². The van der Waals surface area contributed by atoms with E-state index in [9.17, 15) is 5.11 Å². The number of aryl methyl sites for hydroxylation is 1. The zero-order valence-corrected chi connectivity index (χ0v) is 19.6. The van der Waals surface area contributed by atoms with E-state index in [1.54, 1.807) is 16.9 Å². The molecule has 33 heavy (non-hydrogen) atoms. The molecule has 0 radical (unpaired) electrons. The highest BCUT2D eigenvalue weighted by Crippen LogP contribution is 2.39. The number of hydrogen-bond acceptors (Lipinski definition) is 6. The Morgan fingerprint density at radius 3 is 2.76 bits per heavy atom. The third-order valence-corrected chi connectivity index (χ3v) is 7.15. The molecular formula is C26H33N5O2. The molecular weight excluding hydrogens is 414 g/mol. The van der Waals surface area contributed by atoms with Crippen LogP contribution < -0.4 is 9.64 Å². The first-order valence-electron chi connectivity index (χ1n) is 12.2. The Labute approximate surface area is 195 Å². The molecule has 2 aromatic heterocycles. The van der Waals surface area contributed by atoms with Crippen LogP contribution in [0.3, 0.4) is 0 Å². The fourth-order valence-corrected chi connectivity index (χ4v) is 5.27. The van der Waals surface area contributed by atoms with Crippen molar-refractivity contribution >= 4 is 5.82 Å². The molecule has 0 unspecified atom stereocenters. The van der Waals surface area contributed by atoms with Crippen molar-refractivity contribution in [3.8, 4) is 33.9 Å². The SMILES string of the molecule is CC[C@H]1CCCC[C@@H](N2CCCOc3cc(-c4ccc(-c5cnn(C)c5)cc4O)nnc32)C1. The zero-order chi connectivity index (χ0) is 22.8. The third kappa shape index (κ3) is 4.54. The molecule has 1 saturated carbocycles. The monoisotopic (exact) mass is 447 g/mol.